The number of hydrogen-bond donors (Lipinski definition) is 0. The molecule has 1 atom stereocenters. The number of pyridine rings is 1. The number of nitriles is 1. The van der Waals surface area contributed by atoms with Gasteiger partial charge in [0.15, 0.2) is 5.78 Å². The zero-order chi connectivity index (χ0) is 27.6. The molecule has 0 spiro atoms. The molecule has 1 fully saturated rings. The Hall–Kier alpha value is -4.45. The highest BCUT2D eigenvalue weighted by molar-refractivity contribution is 6.33. The van der Waals surface area contributed by atoms with Gasteiger partial charge in [0.25, 0.3) is 0 Å². The van der Waals surface area contributed by atoms with Crippen molar-refractivity contribution in [3.63, 3.8) is 0 Å². The highest BCUT2D eigenvalue weighted by Crippen LogP contribution is 2.42. The van der Waals surface area contributed by atoms with Crippen molar-refractivity contribution >= 4 is 39.5 Å². The molecule has 3 aliphatic rings. The highest BCUT2D eigenvalue weighted by atomic mass is 19.1. The van der Waals surface area contributed by atoms with Crippen LogP contribution in [0.1, 0.15) is 55.0 Å². The lowest BCUT2D eigenvalue weighted by Crippen LogP contribution is -2.51. The average Bonchev–Trinajstić information content (AvgIpc) is 3.60. The summed E-state index contributed by atoms with van der Waals surface area (Å²) in [5.74, 6) is 0.0806. The second-order valence-electron chi connectivity index (χ2n) is 11.4. The van der Waals surface area contributed by atoms with E-state index in [4.69, 9.17) is 0 Å². The Morgan fingerprint density at radius 2 is 2.02 bits per heavy atom. The minimum atomic E-state index is -1.38. The Morgan fingerprint density at radius 1 is 1.15 bits per heavy atom. The number of aromatic nitrogens is 3. The van der Waals surface area contributed by atoms with Gasteiger partial charge in [0.05, 0.1) is 35.6 Å². The maximum absolute atomic E-state index is 14.7. The molecule has 0 radical (unpaired) electrons. The normalized spacial score (nSPS) is 21.4. The van der Waals surface area contributed by atoms with Gasteiger partial charge in [-0.2, -0.15) is 5.26 Å². The lowest BCUT2D eigenvalue weighted by Gasteiger charge is -2.38. The van der Waals surface area contributed by atoms with Crippen molar-refractivity contribution in [1.29, 1.82) is 5.26 Å². The van der Waals surface area contributed by atoms with Crippen LogP contribution in [0.5, 0.6) is 0 Å². The van der Waals surface area contributed by atoms with Crippen LogP contribution in [0.3, 0.4) is 0 Å². The van der Waals surface area contributed by atoms with Gasteiger partial charge in [0.1, 0.15) is 11.3 Å². The summed E-state index contributed by atoms with van der Waals surface area (Å²) in [7, 11) is 0. The van der Waals surface area contributed by atoms with Gasteiger partial charge in [-0.1, -0.05) is 6.07 Å². The van der Waals surface area contributed by atoms with Crippen LogP contribution in [0.15, 0.2) is 48.9 Å². The largest absolute Gasteiger partial charge is 0.345 e. The van der Waals surface area contributed by atoms with Crippen LogP contribution in [0, 0.1) is 11.3 Å². The number of Topliss-reactive ketones (excluding diaryl/α,β-unsaturated/α-hetero) is 1. The molecule has 2 aliphatic heterocycles. The van der Waals surface area contributed by atoms with Crippen LogP contribution in [-0.4, -0.2) is 60.9 Å². The van der Waals surface area contributed by atoms with Crippen molar-refractivity contribution in [2.45, 2.75) is 51.4 Å². The van der Waals surface area contributed by atoms with E-state index in [0.29, 0.717) is 63.0 Å². The molecule has 0 bridgehead atoms. The van der Waals surface area contributed by atoms with Crippen LogP contribution >= 0.6 is 0 Å². The number of piperidine rings is 1. The van der Waals surface area contributed by atoms with Gasteiger partial charge in [-0.3, -0.25) is 9.20 Å². The van der Waals surface area contributed by atoms with E-state index in [-0.39, 0.29) is 18.4 Å². The molecule has 40 heavy (non-hydrogen) atoms. The van der Waals surface area contributed by atoms with E-state index in [9.17, 15) is 19.2 Å². The van der Waals surface area contributed by atoms with Crippen LogP contribution in [0.25, 0.3) is 27.7 Å². The van der Waals surface area contributed by atoms with E-state index in [1.165, 1.54) is 0 Å². The summed E-state index contributed by atoms with van der Waals surface area (Å²) in [5, 5.41) is 10.7. The number of carbonyl (C=O) groups excluding carboxylic acids is 2. The lowest BCUT2D eigenvalue weighted by molar-refractivity contribution is -0.113. The summed E-state index contributed by atoms with van der Waals surface area (Å²) < 4.78 is 18.8. The van der Waals surface area contributed by atoms with Crippen molar-refractivity contribution < 1.29 is 14.0 Å². The quantitative estimate of drug-likeness (QED) is 0.353. The number of nitrogens with zero attached hydrogens (tertiary/aromatic N) is 6. The highest BCUT2D eigenvalue weighted by Gasteiger charge is 2.36. The second kappa shape index (κ2) is 9.05. The molecule has 1 aromatic carbocycles. The minimum Gasteiger partial charge on any atom is -0.345 e. The number of halogens is 1. The fourth-order valence-corrected chi connectivity index (χ4v) is 6.71. The zero-order valence-electron chi connectivity index (χ0n) is 22.4. The van der Waals surface area contributed by atoms with Gasteiger partial charge in [0.2, 0.25) is 0 Å². The number of urea groups is 1. The summed E-state index contributed by atoms with van der Waals surface area (Å²) in [6, 6.07) is 11.6. The fraction of sp³-hybridized carbons (Fsp3) is 0.355. The van der Waals surface area contributed by atoms with Gasteiger partial charge >= 0.3 is 6.03 Å². The molecular formula is C31H29FN6O2. The van der Waals surface area contributed by atoms with E-state index >= 15 is 0 Å². The molecule has 0 N–H and O–H groups in total. The molecule has 1 unspecified atom stereocenters. The number of hydrogen-bond acceptors (Lipinski definition) is 4. The van der Waals surface area contributed by atoms with Crippen molar-refractivity contribution in [3.05, 3.63) is 71.3 Å². The third kappa shape index (κ3) is 3.89. The van der Waals surface area contributed by atoms with Gasteiger partial charge in [-0.05, 0) is 61.6 Å². The first-order valence-electron chi connectivity index (χ1n) is 13.8. The van der Waals surface area contributed by atoms with Crippen LogP contribution in [0.2, 0.25) is 0 Å². The number of fused-ring (bicyclic) bond motifs is 1. The van der Waals surface area contributed by atoms with Crippen LogP contribution < -0.4 is 0 Å². The van der Waals surface area contributed by atoms with E-state index < -0.39 is 5.67 Å². The molecule has 0 saturated carbocycles. The predicted octanol–water partition coefficient (Wildman–Crippen LogP) is 5.19. The molecule has 5 heterocycles. The van der Waals surface area contributed by atoms with E-state index in [2.05, 4.69) is 15.6 Å². The zero-order valence-corrected chi connectivity index (χ0v) is 22.4. The standard InChI is InChI=1S/C31H29FN6O2/c1-31(32)8-4-9-37(19-31)30(40)36-12-11-35-18-24(23-14-20(15-33)13-21(17-36)29(23)35)28-22(6-7-26(28)39)25-16-34-27-5-2-3-10-38(25)27/h2-3,5,10,13-14,16,18H,4,6-9,11-12,17,19H2,1H3. The first kappa shape index (κ1) is 24.6. The molecule has 202 valence electrons. The third-order valence-electron chi connectivity index (χ3n) is 8.52. The number of amides is 2. The molecule has 3 aromatic heterocycles. The SMILES string of the molecule is CC1(F)CCCN(C(=O)N2CCn3cc(C4=C(c5cnc6ccccn56)CCC4=O)c4cc(C#N)cc(c43)C2)C1. The number of ketones is 1. The third-order valence-corrected chi connectivity index (χ3v) is 8.52. The Kier molecular flexibility index (Phi) is 5.56. The van der Waals surface area contributed by atoms with Crippen molar-refractivity contribution in [1.82, 2.24) is 23.8 Å². The number of allylic oxidation sites excluding steroid dienone is 2. The topological polar surface area (TPSA) is 86.6 Å². The summed E-state index contributed by atoms with van der Waals surface area (Å²) in [6.07, 6.45) is 7.93. The molecule has 1 aliphatic carbocycles. The van der Waals surface area contributed by atoms with Gasteiger partial charge in [-0.25, -0.2) is 14.2 Å². The van der Waals surface area contributed by atoms with Crippen molar-refractivity contribution in [2.75, 3.05) is 19.6 Å². The first-order chi connectivity index (χ1) is 19.3. The number of alkyl halides is 1. The minimum absolute atomic E-state index is 0.0806. The van der Waals surface area contributed by atoms with Crippen molar-refractivity contribution in [3.8, 4) is 6.07 Å². The van der Waals surface area contributed by atoms with Crippen LogP contribution in [0.4, 0.5) is 9.18 Å². The molecule has 8 nitrogen and oxygen atoms in total. The number of imidazole rings is 1. The van der Waals surface area contributed by atoms with Crippen molar-refractivity contribution in [2.24, 2.45) is 0 Å². The second-order valence-corrected chi connectivity index (χ2v) is 11.4. The van der Waals surface area contributed by atoms with Crippen LogP contribution in [-0.2, 0) is 17.9 Å². The van der Waals surface area contributed by atoms with E-state index in [1.807, 2.05) is 53.3 Å². The Bertz CT molecular complexity index is 1790. The van der Waals surface area contributed by atoms with E-state index in [0.717, 1.165) is 38.9 Å². The number of likely N-dealkylation sites (tertiary alicyclic amines) is 1. The summed E-state index contributed by atoms with van der Waals surface area (Å²) in [4.78, 5) is 34.8. The Balaban J connectivity index is 1.33. The summed E-state index contributed by atoms with van der Waals surface area (Å²) in [6.45, 7) is 3.50. The molecule has 2 amide bonds. The molecule has 7 rings (SSSR count). The fourth-order valence-electron chi connectivity index (χ4n) is 6.71. The monoisotopic (exact) mass is 536 g/mol. The predicted molar refractivity (Wildman–Crippen MR) is 149 cm³/mol. The van der Waals surface area contributed by atoms with Gasteiger partial charge < -0.3 is 14.4 Å². The summed E-state index contributed by atoms with van der Waals surface area (Å²) >= 11 is 0. The first-order valence-corrected chi connectivity index (χ1v) is 13.8. The Labute approximate surface area is 230 Å². The molecule has 4 aromatic rings. The Morgan fingerprint density at radius 3 is 2.85 bits per heavy atom. The number of rotatable bonds is 2. The molecule has 1 saturated heterocycles. The van der Waals surface area contributed by atoms with Gasteiger partial charge in [-0.15, -0.1) is 0 Å². The lowest BCUT2D eigenvalue weighted by atomic mass is 9.96. The average molecular weight is 537 g/mol. The number of benzene rings is 1. The molecule has 9 heteroatoms. The van der Waals surface area contributed by atoms with Gasteiger partial charge in [0, 0.05) is 61.5 Å². The molecular weight excluding hydrogens is 507 g/mol. The summed E-state index contributed by atoms with van der Waals surface area (Å²) in [5.41, 5.74) is 5.07. The smallest absolute Gasteiger partial charge is 0.320 e. The maximum atomic E-state index is 14.7. The van der Waals surface area contributed by atoms with E-state index in [1.54, 1.807) is 16.7 Å². The maximum Gasteiger partial charge on any atom is 0.320 e. The number of carbonyl (C=O) groups is 2.